The predicted octanol–water partition coefficient (Wildman–Crippen LogP) is 1.52. The maximum atomic E-state index is 12.6. The van der Waals surface area contributed by atoms with Gasteiger partial charge >= 0.3 is 12.1 Å². The summed E-state index contributed by atoms with van der Waals surface area (Å²) in [6.45, 7) is 8.24. The molecule has 7 heteroatoms. The first-order valence-corrected chi connectivity index (χ1v) is 8.53. The van der Waals surface area contributed by atoms with Crippen molar-refractivity contribution < 1.29 is 14.3 Å². The molecule has 0 saturated carbocycles. The fraction of sp³-hybridized carbons (Fsp3) is 0.875. The lowest BCUT2D eigenvalue weighted by Crippen LogP contribution is -2.55. The number of carbonyl (C=O) groups excluding carboxylic acids is 2. The van der Waals surface area contributed by atoms with E-state index in [4.69, 9.17) is 10.5 Å². The van der Waals surface area contributed by atoms with Gasteiger partial charge in [-0.1, -0.05) is 0 Å². The average Bonchev–Trinajstić information content (AvgIpc) is 2.45. The van der Waals surface area contributed by atoms with Crippen molar-refractivity contribution >= 4 is 12.1 Å². The van der Waals surface area contributed by atoms with Crippen LogP contribution >= 0.6 is 0 Å². The van der Waals surface area contributed by atoms with Gasteiger partial charge in [0.1, 0.15) is 5.60 Å². The Morgan fingerprint density at radius 3 is 2.35 bits per heavy atom. The molecule has 2 saturated heterocycles. The van der Waals surface area contributed by atoms with Crippen molar-refractivity contribution in [1.82, 2.24) is 15.1 Å². The Morgan fingerprint density at radius 2 is 1.74 bits per heavy atom. The van der Waals surface area contributed by atoms with E-state index in [1.165, 1.54) is 0 Å². The number of hydrogen-bond donors (Lipinski definition) is 2. The SMILES string of the molecule is CC(C)(C)OC(=O)N[C@@H]1CCCN(C(=O)N2CCC(N)CC2)C1. The van der Waals surface area contributed by atoms with Crippen LogP contribution in [0.2, 0.25) is 0 Å². The predicted molar refractivity (Wildman–Crippen MR) is 88.1 cm³/mol. The first-order valence-electron chi connectivity index (χ1n) is 8.53. The highest BCUT2D eigenvalue weighted by Crippen LogP contribution is 2.16. The second kappa shape index (κ2) is 7.38. The summed E-state index contributed by atoms with van der Waals surface area (Å²) in [7, 11) is 0. The molecular weight excluding hydrogens is 296 g/mol. The Hall–Kier alpha value is -1.50. The first kappa shape index (κ1) is 17.8. The number of carbonyl (C=O) groups is 2. The maximum Gasteiger partial charge on any atom is 0.407 e. The molecule has 2 fully saturated rings. The van der Waals surface area contributed by atoms with E-state index in [1.807, 2.05) is 30.6 Å². The maximum absolute atomic E-state index is 12.6. The van der Waals surface area contributed by atoms with Gasteiger partial charge in [-0.25, -0.2) is 9.59 Å². The Labute approximate surface area is 138 Å². The first-order chi connectivity index (χ1) is 10.7. The lowest BCUT2D eigenvalue weighted by atomic mass is 10.0. The second-order valence-corrected chi connectivity index (χ2v) is 7.54. The molecule has 0 unspecified atom stereocenters. The topological polar surface area (TPSA) is 87.9 Å². The van der Waals surface area contributed by atoms with Gasteiger partial charge in [-0.05, 0) is 46.5 Å². The molecule has 3 N–H and O–H groups in total. The molecule has 23 heavy (non-hydrogen) atoms. The van der Waals surface area contributed by atoms with E-state index in [9.17, 15) is 9.59 Å². The van der Waals surface area contributed by atoms with Crippen LogP contribution in [0.25, 0.3) is 0 Å². The number of likely N-dealkylation sites (tertiary alicyclic amines) is 2. The highest BCUT2D eigenvalue weighted by molar-refractivity contribution is 5.75. The zero-order valence-electron chi connectivity index (χ0n) is 14.5. The molecule has 1 atom stereocenters. The van der Waals surface area contributed by atoms with Crippen molar-refractivity contribution in [3.8, 4) is 0 Å². The van der Waals surface area contributed by atoms with Crippen LogP contribution in [0.15, 0.2) is 0 Å². The monoisotopic (exact) mass is 326 g/mol. The van der Waals surface area contributed by atoms with E-state index in [1.54, 1.807) is 0 Å². The number of urea groups is 1. The fourth-order valence-electron chi connectivity index (χ4n) is 3.03. The molecule has 3 amide bonds. The van der Waals surface area contributed by atoms with E-state index in [2.05, 4.69) is 5.32 Å². The van der Waals surface area contributed by atoms with E-state index in [0.717, 1.165) is 45.3 Å². The zero-order valence-corrected chi connectivity index (χ0v) is 14.5. The minimum atomic E-state index is -0.513. The number of ether oxygens (including phenoxy) is 1. The number of alkyl carbamates (subject to hydrolysis) is 1. The largest absolute Gasteiger partial charge is 0.444 e. The third-order valence-electron chi connectivity index (χ3n) is 4.22. The summed E-state index contributed by atoms with van der Waals surface area (Å²) in [6, 6.07) is 0.226. The molecule has 0 aromatic heterocycles. The molecular formula is C16H30N4O3. The molecule has 7 nitrogen and oxygen atoms in total. The third-order valence-corrected chi connectivity index (χ3v) is 4.22. The van der Waals surface area contributed by atoms with Crippen molar-refractivity contribution in [3.05, 3.63) is 0 Å². The molecule has 0 radical (unpaired) electrons. The molecule has 2 aliphatic heterocycles. The van der Waals surface area contributed by atoms with Crippen LogP contribution in [0.1, 0.15) is 46.5 Å². The molecule has 2 heterocycles. The van der Waals surface area contributed by atoms with Crippen LogP contribution in [-0.2, 0) is 4.74 Å². The van der Waals surface area contributed by atoms with Gasteiger partial charge in [0.25, 0.3) is 0 Å². The van der Waals surface area contributed by atoms with Gasteiger partial charge in [0.15, 0.2) is 0 Å². The summed E-state index contributed by atoms with van der Waals surface area (Å²) in [5.74, 6) is 0. The number of nitrogens with one attached hydrogen (secondary N) is 1. The summed E-state index contributed by atoms with van der Waals surface area (Å²) < 4.78 is 5.29. The van der Waals surface area contributed by atoms with Gasteiger partial charge in [-0.15, -0.1) is 0 Å². The minimum Gasteiger partial charge on any atom is -0.444 e. The number of piperidine rings is 2. The lowest BCUT2D eigenvalue weighted by Gasteiger charge is -2.38. The fourth-order valence-corrected chi connectivity index (χ4v) is 3.03. The van der Waals surface area contributed by atoms with Crippen LogP contribution < -0.4 is 11.1 Å². The highest BCUT2D eigenvalue weighted by atomic mass is 16.6. The van der Waals surface area contributed by atoms with Crippen LogP contribution in [-0.4, -0.2) is 65.8 Å². The Balaban J connectivity index is 1.83. The number of amides is 3. The van der Waals surface area contributed by atoms with Crippen molar-refractivity contribution in [2.75, 3.05) is 26.2 Å². The van der Waals surface area contributed by atoms with Crippen molar-refractivity contribution in [3.63, 3.8) is 0 Å². The van der Waals surface area contributed by atoms with Gasteiger partial charge < -0.3 is 25.6 Å². The number of nitrogens with two attached hydrogens (primary N) is 1. The molecule has 0 spiro atoms. The Bertz CT molecular complexity index is 428. The third kappa shape index (κ3) is 5.57. The molecule has 0 aromatic rings. The van der Waals surface area contributed by atoms with Crippen molar-refractivity contribution in [2.24, 2.45) is 5.73 Å². The molecule has 2 aliphatic rings. The molecule has 132 valence electrons. The molecule has 2 rings (SSSR count). The van der Waals surface area contributed by atoms with Crippen LogP contribution in [0.5, 0.6) is 0 Å². The standard InChI is InChI=1S/C16H30N4O3/c1-16(2,3)23-14(21)18-13-5-4-8-20(11-13)15(22)19-9-6-12(17)7-10-19/h12-13H,4-11,17H2,1-3H3,(H,18,21)/t13-/m1/s1. The van der Waals surface area contributed by atoms with Gasteiger partial charge in [-0.3, -0.25) is 0 Å². The van der Waals surface area contributed by atoms with E-state index in [0.29, 0.717) is 6.54 Å². The van der Waals surface area contributed by atoms with E-state index in [-0.39, 0.29) is 18.1 Å². The number of hydrogen-bond acceptors (Lipinski definition) is 4. The van der Waals surface area contributed by atoms with Gasteiger partial charge in [0.05, 0.1) is 0 Å². The Morgan fingerprint density at radius 1 is 1.09 bits per heavy atom. The Kier molecular flexibility index (Phi) is 5.73. The van der Waals surface area contributed by atoms with Crippen molar-refractivity contribution in [1.29, 1.82) is 0 Å². The summed E-state index contributed by atoms with van der Waals surface area (Å²) in [5, 5.41) is 2.88. The minimum absolute atomic E-state index is 0.0467. The number of rotatable bonds is 1. The van der Waals surface area contributed by atoms with Gasteiger partial charge in [-0.2, -0.15) is 0 Å². The molecule has 0 aromatic carbocycles. The smallest absolute Gasteiger partial charge is 0.407 e. The normalized spacial score (nSPS) is 23.6. The van der Waals surface area contributed by atoms with Crippen LogP contribution in [0, 0.1) is 0 Å². The second-order valence-electron chi connectivity index (χ2n) is 7.54. The lowest BCUT2D eigenvalue weighted by molar-refractivity contribution is 0.0471. The summed E-state index contributed by atoms with van der Waals surface area (Å²) >= 11 is 0. The summed E-state index contributed by atoms with van der Waals surface area (Å²) in [6.07, 6.45) is 3.06. The van der Waals surface area contributed by atoms with Crippen molar-refractivity contribution in [2.45, 2.75) is 64.1 Å². The highest BCUT2D eigenvalue weighted by Gasteiger charge is 2.30. The van der Waals surface area contributed by atoms with Gasteiger partial charge in [0.2, 0.25) is 0 Å². The summed E-state index contributed by atoms with van der Waals surface area (Å²) in [5.41, 5.74) is 5.38. The van der Waals surface area contributed by atoms with Crippen LogP contribution in [0.4, 0.5) is 9.59 Å². The van der Waals surface area contributed by atoms with E-state index >= 15 is 0 Å². The average molecular weight is 326 g/mol. The van der Waals surface area contributed by atoms with E-state index < -0.39 is 11.7 Å². The van der Waals surface area contributed by atoms with Gasteiger partial charge in [0, 0.05) is 38.3 Å². The summed E-state index contributed by atoms with van der Waals surface area (Å²) in [4.78, 5) is 28.2. The molecule has 0 bridgehead atoms. The molecule has 0 aliphatic carbocycles. The van der Waals surface area contributed by atoms with Crippen LogP contribution in [0.3, 0.4) is 0 Å². The quantitative estimate of drug-likeness (QED) is 0.765. The zero-order chi connectivity index (χ0) is 17.0. The number of nitrogens with zero attached hydrogens (tertiary/aromatic N) is 2.